The van der Waals surface area contributed by atoms with Crippen molar-refractivity contribution < 1.29 is 13.2 Å². The van der Waals surface area contributed by atoms with E-state index in [-0.39, 0.29) is 5.56 Å². The van der Waals surface area contributed by atoms with Crippen LogP contribution in [-0.2, 0) is 0 Å². The van der Waals surface area contributed by atoms with Gasteiger partial charge in [-0.1, -0.05) is 31.9 Å². The highest BCUT2D eigenvalue weighted by Gasteiger charge is 2.20. The summed E-state index contributed by atoms with van der Waals surface area (Å²) in [6.07, 6.45) is 0. The zero-order valence-corrected chi connectivity index (χ0v) is 13.0. The minimum absolute atomic E-state index is 0.205. The van der Waals surface area contributed by atoms with E-state index in [9.17, 15) is 13.2 Å². The summed E-state index contributed by atoms with van der Waals surface area (Å²) in [5.74, 6) is -1.77. The minimum atomic E-state index is -0.704. The number of hydrogen-bond acceptors (Lipinski definition) is 0. The summed E-state index contributed by atoms with van der Waals surface area (Å²) in [5, 5.41) is 0. The lowest BCUT2D eigenvalue weighted by Gasteiger charge is -2.14. The average molecular weight is 394 g/mol. The van der Waals surface area contributed by atoms with Gasteiger partial charge in [-0.3, -0.25) is 0 Å². The lowest BCUT2D eigenvalue weighted by Crippen LogP contribution is -2.01. The highest BCUT2D eigenvalue weighted by atomic mass is 79.9. The summed E-state index contributed by atoms with van der Waals surface area (Å²) >= 11 is 6.51. The van der Waals surface area contributed by atoms with Crippen LogP contribution in [0, 0.1) is 24.4 Å². The molecule has 0 bridgehead atoms. The number of alkyl halides is 1. The summed E-state index contributed by atoms with van der Waals surface area (Å²) in [6.45, 7) is 1.54. The molecule has 0 spiro atoms. The van der Waals surface area contributed by atoms with Crippen LogP contribution in [0.25, 0.3) is 0 Å². The lowest BCUT2D eigenvalue weighted by molar-refractivity contribution is 0.566. The third kappa shape index (κ3) is 3.03. The molecule has 0 nitrogen and oxygen atoms in total. The molecule has 0 radical (unpaired) electrons. The Morgan fingerprint density at radius 2 is 1.53 bits per heavy atom. The Bertz CT molecular complexity index is 626. The maximum absolute atomic E-state index is 13.8. The molecule has 0 saturated heterocycles. The molecule has 0 N–H and O–H groups in total. The molecular formula is C14H9Br2F3. The highest BCUT2D eigenvalue weighted by Crippen LogP contribution is 2.36. The molecule has 2 aromatic rings. The van der Waals surface area contributed by atoms with E-state index in [1.54, 1.807) is 12.1 Å². The van der Waals surface area contributed by atoms with Crippen molar-refractivity contribution in [2.45, 2.75) is 11.8 Å². The van der Waals surface area contributed by atoms with Crippen molar-refractivity contribution in [3.05, 3.63) is 68.9 Å². The molecular weight excluding hydrogens is 385 g/mol. The highest BCUT2D eigenvalue weighted by molar-refractivity contribution is 9.10. The molecule has 2 aromatic carbocycles. The largest absolute Gasteiger partial charge is 0.207 e. The Morgan fingerprint density at radius 1 is 0.895 bits per heavy atom. The fourth-order valence-corrected chi connectivity index (χ4v) is 2.83. The number of rotatable bonds is 2. The number of benzene rings is 2. The van der Waals surface area contributed by atoms with E-state index in [1.165, 1.54) is 19.1 Å². The summed E-state index contributed by atoms with van der Waals surface area (Å²) in [7, 11) is 0. The molecule has 2 rings (SSSR count). The third-order valence-electron chi connectivity index (χ3n) is 2.78. The lowest BCUT2D eigenvalue weighted by atomic mass is 10.0. The van der Waals surface area contributed by atoms with Crippen LogP contribution >= 0.6 is 31.9 Å². The van der Waals surface area contributed by atoms with Crippen molar-refractivity contribution in [1.82, 2.24) is 0 Å². The minimum Gasteiger partial charge on any atom is -0.207 e. The van der Waals surface area contributed by atoms with Gasteiger partial charge in [-0.25, -0.2) is 13.2 Å². The predicted molar refractivity (Wildman–Crippen MR) is 76.0 cm³/mol. The van der Waals surface area contributed by atoms with Gasteiger partial charge in [0.15, 0.2) is 0 Å². The molecule has 0 fully saturated rings. The fourth-order valence-electron chi connectivity index (χ4n) is 1.75. The zero-order chi connectivity index (χ0) is 14.2. The topological polar surface area (TPSA) is 0 Å². The molecule has 0 aliphatic rings. The van der Waals surface area contributed by atoms with Gasteiger partial charge >= 0.3 is 0 Å². The molecule has 100 valence electrons. The molecule has 0 heterocycles. The van der Waals surface area contributed by atoms with Crippen molar-refractivity contribution in [1.29, 1.82) is 0 Å². The Morgan fingerprint density at radius 3 is 2.21 bits per heavy atom. The van der Waals surface area contributed by atoms with E-state index in [0.717, 1.165) is 6.07 Å². The first-order chi connectivity index (χ1) is 8.90. The maximum Gasteiger partial charge on any atom is 0.130 e. The first kappa shape index (κ1) is 14.6. The van der Waals surface area contributed by atoms with Gasteiger partial charge in [0.25, 0.3) is 0 Å². The summed E-state index contributed by atoms with van der Waals surface area (Å²) in [6, 6.07) is 6.61. The van der Waals surface area contributed by atoms with Crippen LogP contribution in [0.5, 0.6) is 0 Å². The van der Waals surface area contributed by atoms with E-state index < -0.39 is 22.3 Å². The second-order valence-corrected chi connectivity index (χ2v) is 5.98. The van der Waals surface area contributed by atoms with E-state index in [4.69, 9.17) is 0 Å². The van der Waals surface area contributed by atoms with E-state index in [1.807, 2.05) is 0 Å². The summed E-state index contributed by atoms with van der Waals surface area (Å²) in [4.78, 5) is -0.677. The summed E-state index contributed by atoms with van der Waals surface area (Å²) < 4.78 is 41.5. The fraction of sp³-hybridized carbons (Fsp3) is 0.143. The van der Waals surface area contributed by atoms with E-state index in [2.05, 4.69) is 31.9 Å². The van der Waals surface area contributed by atoms with Gasteiger partial charge in [-0.2, -0.15) is 0 Å². The van der Waals surface area contributed by atoms with Crippen molar-refractivity contribution in [3.8, 4) is 0 Å². The first-order valence-electron chi connectivity index (χ1n) is 5.44. The smallest absolute Gasteiger partial charge is 0.130 e. The molecule has 0 aliphatic carbocycles. The quantitative estimate of drug-likeness (QED) is 0.577. The van der Waals surface area contributed by atoms with E-state index >= 15 is 0 Å². The molecule has 5 heteroatoms. The van der Waals surface area contributed by atoms with Gasteiger partial charge < -0.3 is 0 Å². The monoisotopic (exact) mass is 392 g/mol. The van der Waals surface area contributed by atoms with Gasteiger partial charge in [0.2, 0.25) is 0 Å². The van der Waals surface area contributed by atoms with Crippen molar-refractivity contribution in [3.63, 3.8) is 0 Å². The van der Waals surface area contributed by atoms with Crippen LogP contribution in [0.4, 0.5) is 13.2 Å². The predicted octanol–water partition coefficient (Wildman–Crippen LogP) is 5.66. The van der Waals surface area contributed by atoms with Gasteiger partial charge in [-0.15, -0.1) is 0 Å². The van der Waals surface area contributed by atoms with Gasteiger partial charge in [-0.05, 0) is 36.8 Å². The molecule has 1 atom stereocenters. The zero-order valence-electron chi connectivity index (χ0n) is 9.85. The van der Waals surface area contributed by atoms with Crippen LogP contribution in [-0.4, -0.2) is 0 Å². The van der Waals surface area contributed by atoms with Crippen molar-refractivity contribution >= 4 is 31.9 Å². The molecule has 0 amide bonds. The molecule has 0 aliphatic heterocycles. The molecule has 19 heavy (non-hydrogen) atoms. The van der Waals surface area contributed by atoms with Gasteiger partial charge in [0, 0.05) is 21.7 Å². The van der Waals surface area contributed by atoms with Gasteiger partial charge in [0.1, 0.15) is 17.5 Å². The SMILES string of the molecule is Cc1cc(C(Br)c2cc(Br)ccc2F)c(F)cc1F. The van der Waals surface area contributed by atoms with Crippen LogP contribution in [0.2, 0.25) is 0 Å². The standard InChI is InChI=1S/C14H9Br2F3/c1-7-4-9(13(19)6-12(7)18)14(16)10-5-8(15)2-3-11(10)17/h2-6,14H,1H3. The van der Waals surface area contributed by atoms with Crippen molar-refractivity contribution in [2.24, 2.45) is 0 Å². The summed E-state index contributed by atoms with van der Waals surface area (Å²) in [5.41, 5.74) is 0.812. The van der Waals surface area contributed by atoms with Gasteiger partial charge in [0.05, 0.1) is 4.83 Å². The first-order valence-corrected chi connectivity index (χ1v) is 7.15. The van der Waals surface area contributed by atoms with Crippen molar-refractivity contribution in [2.75, 3.05) is 0 Å². The second-order valence-electron chi connectivity index (χ2n) is 4.15. The second kappa shape index (κ2) is 5.67. The van der Waals surface area contributed by atoms with Crippen LogP contribution in [0.3, 0.4) is 0 Å². The Hall–Kier alpha value is -0.810. The average Bonchev–Trinajstić information content (AvgIpc) is 2.36. The molecule has 0 saturated carbocycles. The van der Waals surface area contributed by atoms with Crippen LogP contribution < -0.4 is 0 Å². The van der Waals surface area contributed by atoms with Crippen LogP contribution in [0.15, 0.2) is 34.8 Å². The maximum atomic E-state index is 13.8. The number of hydrogen-bond donors (Lipinski definition) is 0. The normalized spacial score (nSPS) is 12.5. The Balaban J connectivity index is 2.52. The number of aryl methyl sites for hydroxylation is 1. The Labute approximate surface area is 125 Å². The van der Waals surface area contributed by atoms with Crippen LogP contribution in [0.1, 0.15) is 21.5 Å². The molecule has 1 unspecified atom stereocenters. The third-order valence-corrected chi connectivity index (χ3v) is 4.26. The number of halogens is 5. The van der Waals surface area contributed by atoms with E-state index in [0.29, 0.717) is 15.6 Å². The molecule has 0 aromatic heterocycles. The Kier molecular flexibility index (Phi) is 4.36.